The van der Waals surface area contributed by atoms with Gasteiger partial charge in [0.1, 0.15) is 19.3 Å². The molecule has 0 aromatic carbocycles. The fourth-order valence-corrected chi connectivity index (χ4v) is 15.9. The lowest BCUT2D eigenvalue weighted by Gasteiger charge is -2.21. The van der Waals surface area contributed by atoms with Crippen molar-refractivity contribution in [1.29, 1.82) is 0 Å². The summed E-state index contributed by atoms with van der Waals surface area (Å²) in [5, 5.41) is 10.7. The maximum Gasteiger partial charge on any atom is 0.472 e. The third kappa shape index (κ3) is 84.0. The monoisotopic (exact) mass is 1610 g/mol. The average Bonchev–Trinajstić information content (AvgIpc) is 0.898. The zero-order valence-corrected chi connectivity index (χ0v) is 74.4. The maximum absolute atomic E-state index is 13.2. The molecular weight excluding hydrogens is 1430 g/mol. The lowest BCUT2D eigenvalue weighted by atomic mass is 10.0. The molecular formula is C91H178O17P2. The second kappa shape index (κ2) is 82.2. The fourth-order valence-electron chi connectivity index (χ4n) is 14.3. The second-order valence-corrected chi connectivity index (χ2v) is 36.6. The molecule has 0 spiro atoms. The standard InChI is InChI=1S/C91H178O17P2/c1-7-9-11-13-15-17-19-21-23-25-27-29-31-35-39-43-49-55-61-67-73-88(93)101-79-86(107-90(95)75-69-63-57-50-44-40-36-32-30-28-26-24-22-20-18-16-14-12-10-8-2)81-105-109(97,98)103-77-85(92)78-104-110(99,100)106-82-87(80-102-89(94)74-68-62-56-52-46-48-54-60-66-72-84(5)6)108-91(96)76-70-64-58-51-45-41-37-33-34-38-42-47-53-59-65-71-83(3)4/h83-87,92H,7-82H2,1-6H3,(H,97,98)(H,99,100)/t85-,86-,87-/m1/s1. The molecule has 5 atom stereocenters. The number of aliphatic hydroxyl groups excluding tert-OH is 1. The molecule has 654 valence electrons. The van der Waals surface area contributed by atoms with E-state index in [0.29, 0.717) is 25.7 Å². The quantitative estimate of drug-likeness (QED) is 0.0222. The van der Waals surface area contributed by atoms with Gasteiger partial charge in [0.25, 0.3) is 0 Å². The van der Waals surface area contributed by atoms with E-state index in [2.05, 4.69) is 41.5 Å². The Balaban J connectivity index is 5.25. The molecule has 19 heteroatoms. The third-order valence-electron chi connectivity index (χ3n) is 21.5. The van der Waals surface area contributed by atoms with Crippen LogP contribution in [0, 0.1) is 11.8 Å². The number of carbonyl (C=O) groups excluding carboxylic acids is 4. The summed E-state index contributed by atoms with van der Waals surface area (Å²) < 4.78 is 69.1. The van der Waals surface area contributed by atoms with Crippen LogP contribution in [0.15, 0.2) is 0 Å². The van der Waals surface area contributed by atoms with Crippen molar-refractivity contribution in [2.24, 2.45) is 11.8 Å². The van der Waals surface area contributed by atoms with E-state index in [0.717, 1.165) is 102 Å². The van der Waals surface area contributed by atoms with Gasteiger partial charge in [-0.15, -0.1) is 0 Å². The van der Waals surface area contributed by atoms with Crippen LogP contribution in [0.3, 0.4) is 0 Å². The van der Waals surface area contributed by atoms with Crippen LogP contribution in [0.4, 0.5) is 0 Å². The Hall–Kier alpha value is -1.94. The first kappa shape index (κ1) is 108. The summed E-state index contributed by atoms with van der Waals surface area (Å²) in [7, 11) is -9.94. The first-order valence-corrected chi connectivity index (χ1v) is 50.0. The SMILES string of the molecule is CCCCCCCCCCCCCCCCCCCCCCC(=O)OC[C@H](COP(=O)(O)OC[C@@H](O)COP(=O)(O)OC[C@@H](COC(=O)CCCCCCCCCCCC(C)C)OC(=O)CCCCCCCCCCCCCCCCCC(C)C)OC(=O)CCCCCCCCCCCCCCCCCCCCCC. The normalized spacial score (nSPS) is 13.7. The van der Waals surface area contributed by atoms with Gasteiger partial charge in [-0.05, 0) is 37.5 Å². The van der Waals surface area contributed by atoms with Crippen molar-refractivity contribution in [3.63, 3.8) is 0 Å². The van der Waals surface area contributed by atoms with Crippen molar-refractivity contribution >= 4 is 39.5 Å². The molecule has 110 heavy (non-hydrogen) atoms. The van der Waals surface area contributed by atoms with E-state index in [1.807, 2.05) is 0 Å². The summed E-state index contributed by atoms with van der Waals surface area (Å²) in [5.41, 5.74) is 0. The third-order valence-corrected chi connectivity index (χ3v) is 23.4. The van der Waals surface area contributed by atoms with E-state index in [-0.39, 0.29) is 25.7 Å². The largest absolute Gasteiger partial charge is 0.472 e. The Kier molecular flexibility index (Phi) is 80.7. The molecule has 0 aromatic heterocycles. The summed E-state index contributed by atoms with van der Waals surface area (Å²) in [5.74, 6) is -0.550. The van der Waals surface area contributed by atoms with Gasteiger partial charge in [-0.1, -0.05) is 440 Å². The average molecular weight is 1610 g/mol. The molecule has 0 rings (SSSR count). The molecule has 0 saturated carbocycles. The molecule has 0 fully saturated rings. The predicted molar refractivity (Wildman–Crippen MR) is 455 cm³/mol. The molecule has 0 heterocycles. The van der Waals surface area contributed by atoms with Gasteiger partial charge in [-0.2, -0.15) is 0 Å². The van der Waals surface area contributed by atoms with Gasteiger partial charge in [-0.3, -0.25) is 37.3 Å². The van der Waals surface area contributed by atoms with Crippen LogP contribution in [-0.4, -0.2) is 96.7 Å². The molecule has 3 N–H and O–H groups in total. The van der Waals surface area contributed by atoms with Crippen LogP contribution in [0.1, 0.15) is 491 Å². The van der Waals surface area contributed by atoms with Crippen molar-refractivity contribution in [1.82, 2.24) is 0 Å². The minimum absolute atomic E-state index is 0.108. The van der Waals surface area contributed by atoms with Gasteiger partial charge in [0.2, 0.25) is 0 Å². The summed E-state index contributed by atoms with van der Waals surface area (Å²) in [4.78, 5) is 73.4. The smallest absolute Gasteiger partial charge is 0.462 e. The number of hydrogen-bond donors (Lipinski definition) is 3. The van der Waals surface area contributed by atoms with Gasteiger partial charge in [0.15, 0.2) is 12.2 Å². The Morgan fingerprint density at radius 1 is 0.245 bits per heavy atom. The molecule has 0 radical (unpaired) electrons. The van der Waals surface area contributed by atoms with Crippen molar-refractivity contribution in [3.05, 3.63) is 0 Å². The second-order valence-electron chi connectivity index (χ2n) is 33.6. The lowest BCUT2D eigenvalue weighted by molar-refractivity contribution is -0.161. The Labute approximate surface area is 677 Å². The van der Waals surface area contributed by atoms with Crippen molar-refractivity contribution < 1.29 is 80.2 Å². The summed E-state index contributed by atoms with van der Waals surface area (Å²) >= 11 is 0. The Morgan fingerprint density at radius 3 is 0.618 bits per heavy atom. The van der Waals surface area contributed by atoms with Gasteiger partial charge >= 0.3 is 39.5 Å². The molecule has 17 nitrogen and oxygen atoms in total. The number of hydrogen-bond acceptors (Lipinski definition) is 15. The van der Waals surface area contributed by atoms with Gasteiger partial charge < -0.3 is 33.8 Å². The van der Waals surface area contributed by atoms with Gasteiger partial charge in [0, 0.05) is 25.7 Å². The molecule has 0 aliphatic heterocycles. The van der Waals surface area contributed by atoms with Crippen LogP contribution in [-0.2, 0) is 65.4 Å². The van der Waals surface area contributed by atoms with E-state index in [1.165, 1.54) is 308 Å². The molecule has 0 aliphatic carbocycles. The Morgan fingerprint density at radius 2 is 0.418 bits per heavy atom. The summed E-state index contributed by atoms with van der Waals surface area (Å²) in [6.45, 7) is 9.71. The molecule has 0 saturated heterocycles. The predicted octanol–water partition coefficient (Wildman–Crippen LogP) is 28.2. The van der Waals surface area contributed by atoms with Crippen LogP contribution < -0.4 is 0 Å². The summed E-state index contributed by atoms with van der Waals surface area (Å²) in [6, 6.07) is 0. The topological polar surface area (TPSA) is 237 Å². The lowest BCUT2D eigenvalue weighted by Crippen LogP contribution is -2.30. The van der Waals surface area contributed by atoms with Gasteiger partial charge in [-0.25, -0.2) is 9.13 Å². The van der Waals surface area contributed by atoms with Crippen LogP contribution in [0.2, 0.25) is 0 Å². The summed E-state index contributed by atoms with van der Waals surface area (Å²) in [6.07, 6.45) is 76.5. The number of esters is 4. The van der Waals surface area contributed by atoms with Gasteiger partial charge in [0.05, 0.1) is 26.4 Å². The molecule has 0 aliphatic rings. The van der Waals surface area contributed by atoms with Crippen LogP contribution in [0.5, 0.6) is 0 Å². The number of phosphoric ester groups is 2. The Bertz CT molecular complexity index is 2100. The van der Waals surface area contributed by atoms with Crippen molar-refractivity contribution in [2.75, 3.05) is 39.6 Å². The molecule has 0 bridgehead atoms. The number of ether oxygens (including phenoxy) is 4. The van der Waals surface area contributed by atoms with E-state index in [4.69, 9.17) is 37.0 Å². The zero-order chi connectivity index (χ0) is 80.6. The minimum Gasteiger partial charge on any atom is -0.462 e. The molecule has 2 unspecified atom stereocenters. The highest BCUT2D eigenvalue weighted by molar-refractivity contribution is 7.47. The van der Waals surface area contributed by atoms with E-state index in [1.54, 1.807) is 0 Å². The zero-order valence-electron chi connectivity index (χ0n) is 72.6. The van der Waals surface area contributed by atoms with Crippen LogP contribution >= 0.6 is 15.6 Å². The number of rotatable bonds is 90. The number of carbonyl (C=O) groups is 4. The highest BCUT2D eigenvalue weighted by Gasteiger charge is 2.31. The number of aliphatic hydroxyl groups is 1. The minimum atomic E-state index is -4.97. The van der Waals surface area contributed by atoms with E-state index in [9.17, 15) is 43.2 Å². The van der Waals surface area contributed by atoms with Crippen molar-refractivity contribution in [2.45, 2.75) is 509 Å². The first-order chi connectivity index (χ1) is 53.4. The number of phosphoric acid groups is 2. The van der Waals surface area contributed by atoms with Crippen LogP contribution in [0.25, 0.3) is 0 Å². The fraction of sp³-hybridized carbons (Fsp3) is 0.956. The first-order valence-electron chi connectivity index (χ1n) is 47.0. The number of unbranched alkanes of at least 4 members (excludes halogenated alkanes) is 60. The maximum atomic E-state index is 13.2. The highest BCUT2D eigenvalue weighted by atomic mass is 31.2. The van der Waals surface area contributed by atoms with E-state index < -0.39 is 97.5 Å². The highest BCUT2D eigenvalue weighted by Crippen LogP contribution is 2.45. The molecule has 0 amide bonds. The van der Waals surface area contributed by atoms with E-state index >= 15 is 0 Å². The molecule has 0 aromatic rings. The van der Waals surface area contributed by atoms with Crippen molar-refractivity contribution in [3.8, 4) is 0 Å².